The van der Waals surface area contributed by atoms with Crippen LogP contribution in [0.2, 0.25) is 0 Å². The van der Waals surface area contributed by atoms with Crippen molar-refractivity contribution in [2.75, 3.05) is 24.6 Å². The zero-order valence-corrected chi connectivity index (χ0v) is 23.4. The van der Waals surface area contributed by atoms with Gasteiger partial charge in [-0.05, 0) is 47.6 Å². The second-order valence-electron chi connectivity index (χ2n) is 11.7. The minimum absolute atomic E-state index is 0.0179. The second-order valence-corrected chi connectivity index (χ2v) is 11.7. The van der Waals surface area contributed by atoms with E-state index in [1.165, 1.54) is 52.5 Å². The fourth-order valence-corrected chi connectivity index (χ4v) is 4.48. The second kappa shape index (κ2) is 10.2. The van der Waals surface area contributed by atoms with Crippen LogP contribution in [0, 0.1) is 0 Å². The van der Waals surface area contributed by atoms with E-state index >= 15 is 0 Å². The molecule has 0 aliphatic carbocycles. The molecule has 41 heavy (non-hydrogen) atoms. The molecule has 1 N–H and O–H groups in total. The fourth-order valence-electron chi connectivity index (χ4n) is 4.48. The van der Waals surface area contributed by atoms with Gasteiger partial charge in [-0.25, -0.2) is 24.4 Å². The van der Waals surface area contributed by atoms with E-state index in [2.05, 4.69) is 15.1 Å². The van der Waals surface area contributed by atoms with Crippen molar-refractivity contribution >= 4 is 24.1 Å². The van der Waals surface area contributed by atoms with Crippen LogP contribution in [0.15, 0.2) is 12.3 Å². The lowest BCUT2D eigenvalue weighted by molar-refractivity contribution is -0.140. The number of imide groups is 1. The van der Waals surface area contributed by atoms with Gasteiger partial charge in [0.25, 0.3) is 0 Å². The Bertz CT molecular complexity index is 1340. The highest BCUT2D eigenvalue weighted by Crippen LogP contribution is 2.41. The van der Waals surface area contributed by atoms with Crippen LogP contribution in [0.25, 0.3) is 11.4 Å². The highest BCUT2D eigenvalue weighted by Gasteiger charge is 2.48. The molecule has 0 saturated carbocycles. The van der Waals surface area contributed by atoms with Gasteiger partial charge in [0.1, 0.15) is 28.2 Å². The molecule has 1 fully saturated rings. The van der Waals surface area contributed by atoms with E-state index in [0.29, 0.717) is 12.1 Å². The maximum Gasteiger partial charge on any atom is 0.437 e. The first kappa shape index (κ1) is 30.0. The van der Waals surface area contributed by atoms with Crippen molar-refractivity contribution in [1.29, 1.82) is 0 Å². The maximum atomic E-state index is 14.4. The summed E-state index contributed by atoms with van der Waals surface area (Å²) in [5.74, 6) is -1.12. The maximum absolute atomic E-state index is 14.4. The molecule has 2 aromatic rings. The van der Waals surface area contributed by atoms with Crippen LogP contribution in [0.4, 0.5) is 33.4 Å². The molecule has 2 aliphatic rings. The van der Waals surface area contributed by atoms with Crippen LogP contribution in [0.5, 0.6) is 0 Å². The van der Waals surface area contributed by atoms with E-state index in [1.54, 1.807) is 4.68 Å². The molecule has 2 aliphatic heterocycles. The molecule has 3 amide bonds. The Labute approximate surface area is 233 Å². The zero-order valence-electron chi connectivity index (χ0n) is 23.4. The molecular weight excluding hydrogens is 553 g/mol. The third kappa shape index (κ3) is 6.36. The van der Waals surface area contributed by atoms with Gasteiger partial charge >= 0.3 is 24.5 Å². The van der Waals surface area contributed by atoms with Gasteiger partial charge < -0.3 is 24.2 Å². The smallest absolute Gasteiger partial charge is 0.437 e. The molecular formula is C25H31F3N6O7. The first-order valence-electron chi connectivity index (χ1n) is 12.7. The molecule has 1 saturated heterocycles. The highest BCUT2D eigenvalue weighted by molar-refractivity contribution is 6.09. The number of aromatic nitrogens is 4. The number of rotatable bonds is 2. The standard InChI is InChI=1S/C25H31F3N6O7/c1-22(2,3)40-20(37)34(21(38)41-23(4,5)6)18-17(25(26,27)28)30-15(12-29-18)14-11-16-24(39-10-9-33(16)31-14)7-8-32(13-24)19(35)36/h11-12H,7-10,13H2,1-6H3,(H,35,36). The largest absolute Gasteiger partial charge is 0.465 e. The Hall–Kier alpha value is -3.95. The van der Waals surface area contributed by atoms with Gasteiger partial charge in [0.2, 0.25) is 0 Å². The van der Waals surface area contributed by atoms with Gasteiger partial charge in [-0.3, -0.25) is 4.68 Å². The number of carbonyl (C=O) groups is 3. The van der Waals surface area contributed by atoms with Crippen LogP contribution in [0.3, 0.4) is 0 Å². The molecule has 2 aromatic heterocycles. The van der Waals surface area contributed by atoms with Gasteiger partial charge in [-0.15, -0.1) is 0 Å². The average Bonchev–Trinajstić information content (AvgIpc) is 3.43. The Kier molecular flexibility index (Phi) is 7.43. The Morgan fingerprint density at radius 1 is 1.02 bits per heavy atom. The SMILES string of the molecule is CC(C)(C)OC(=O)N(C(=O)OC(C)(C)C)c1ncc(-c2cc3n(n2)CCOC32CCN(C(=O)O)C2)nc1C(F)(F)F. The predicted octanol–water partition coefficient (Wildman–Crippen LogP) is 4.64. The van der Waals surface area contributed by atoms with E-state index in [4.69, 9.17) is 14.2 Å². The molecule has 1 spiro atoms. The molecule has 0 bridgehead atoms. The number of alkyl halides is 3. The summed E-state index contributed by atoms with van der Waals surface area (Å²) < 4.78 is 60.9. The van der Waals surface area contributed by atoms with Crippen LogP contribution in [-0.2, 0) is 32.5 Å². The van der Waals surface area contributed by atoms with Crippen molar-refractivity contribution in [3.8, 4) is 11.4 Å². The number of amides is 3. The minimum atomic E-state index is -5.16. The summed E-state index contributed by atoms with van der Waals surface area (Å²) in [4.78, 5) is 46.2. The van der Waals surface area contributed by atoms with Crippen LogP contribution < -0.4 is 4.90 Å². The molecule has 1 unspecified atom stereocenters. The zero-order chi connectivity index (χ0) is 30.5. The molecule has 16 heteroatoms. The Balaban J connectivity index is 1.79. The first-order chi connectivity index (χ1) is 18.8. The summed E-state index contributed by atoms with van der Waals surface area (Å²) in [5.41, 5.74) is -4.75. The van der Waals surface area contributed by atoms with Crippen molar-refractivity contribution in [3.05, 3.63) is 23.7 Å². The number of carbonyl (C=O) groups excluding carboxylic acids is 2. The van der Waals surface area contributed by atoms with E-state index < -0.39 is 52.8 Å². The predicted molar refractivity (Wildman–Crippen MR) is 135 cm³/mol. The van der Waals surface area contributed by atoms with Crippen molar-refractivity contribution in [2.24, 2.45) is 0 Å². The number of likely N-dealkylation sites (tertiary alicyclic amines) is 1. The van der Waals surface area contributed by atoms with Gasteiger partial charge in [-0.2, -0.15) is 23.2 Å². The van der Waals surface area contributed by atoms with E-state index in [-0.39, 0.29) is 42.5 Å². The summed E-state index contributed by atoms with van der Waals surface area (Å²) in [6.07, 6.45) is -7.84. The minimum Gasteiger partial charge on any atom is -0.465 e. The van der Waals surface area contributed by atoms with Crippen molar-refractivity contribution in [2.45, 2.75) is 77.5 Å². The molecule has 1 atom stereocenters. The Morgan fingerprint density at radius 2 is 1.63 bits per heavy atom. The highest BCUT2D eigenvalue weighted by atomic mass is 19.4. The molecule has 4 rings (SSSR count). The van der Waals surface area contributed by atoms with Crippen LogP contribution in [0.1, 0.15) is 59.4 Å². The number of ether oxygens (including phenoxy) is 3. The fraction of sp³-hybridized carbons (Fsp3) is 0.600. The topological polar surface area (TPSA) is 149 Å². The third-order valence-electron chi connectivity index (χ3n) is 6.08. The quantitative estimate of drug-likeness (QED) is 0.529. The summed E-state index contributed by atoms with van der Waals surface area (Å²) in [6, 6.07) is 1.48. The molecule has 224 valence electrons. The number of hydrogen-bond donors (Lipinski definition) is 1. The van der Waals surface area contributed by atoms with E-state index in [1.807, 2.05) is 0 Å². The van der Waals surface area contributed by atoms with Gasteiger partial charge in [-0.1, -0.05) is 0 Å². The molecule has 0 radical (unpaired) electrons. The van der Waals surface area contributed by atoms with Gasteiger partial charge in [0, 0.05) is 13.0 Å². The van der Waals surface area contributed by atoms with Crippen LogP contribution in [-0.4, -0.2) is 78.9 Å². The number of anilines is 1. The van der Waals surface area contributed by atoms with Crippen molar-refractivity contribution in [1.82, 2.24) is 24.6 Å². The lowest BCUT2D eigenvalue weighted by atomic mass is 9.96. The summed E-state index contributed by atoms with van der Waals surface area (Å²) in [6.45, 7) is 9.64. The summed E-state index contributed by atoms with van der Waals surface area (Å²) in [5, 5.41) is 13.8. The average molecular weight is 585 g/mol. The van der Waals surface area contributed by atoms with Crippen molar-refractivity contribution < 1.29 is 46.9 Å². The lowest BCUT2D eigenvalue weighted by Gasteiger charge is -2.33. The molecule has 4 heterocycles. The number of carboxylic acid groups (broad SMARTS) is 1. The molecule has 13 nitrogen and oxygen atoms in total. The first-order valence-corrected chi connectivity index (χ1v) is 12.7. The van der Waals surface area contributed by atoms with Gasteiger partial charge in [0.05, 0.1) is 31.6 Å². The number of fused-ring (bicyclic) bond motifs is 2. The number of hydrogen-bond acceptors (Lipinski definition) is 9. The van der Waals surface area contributed by atoms with Gasteiger partial charge in [0.15, 0.2) is 11.5 Å². The number of halogens is 3. The van der Waals surface area contributed by atoms with Crippen LogP contribution >= 0.6 is 0 Å². The summed E-state index contributed by atoms with van der Waals surface area (Å²) in [7, 11) is 0. The van der Waals surface area contributed by atoms with E-state index in [9.17, 15) is 32.7 Å². The van der Waals surface area contributed by atoms with Crippen molar-refractivity contribution in [3.63, 3.8) is 0 Å². The third-order valence-corrected chi connectivity index (χ3v) is 6.08. The van der Waals surface area contributed by atoms with E-state index in [0.717, 1.165) is 6.20 Å². The normalized spacial score (nSPS) is 19.2. The lowest BCUT2D eigenvalue weighted by Crippen LogP contribution is -2.45. The molecule has 0 aromatic carbocycles. The summed E-state index contributed by atoms with van der Waals surface area (Å²) >= 11 is 0. The number of nitrogens with zero attached hydrogens (tertiary/aromatic N) is 6. The monoisotopic (exact) mass is 584 g/mol. The Morgan fingerprint density at radius 3 is 2.15 bits per heavy atom.